The first kappa shape index (κ1) is 11.0. The lowest BCUT2D eigenvalue weighted by Gasteiger charge is -2.12. The van der Waals surface area contributed by atoms with Crippen molar-refractivity contribution < 1.29 is 9.05 Å². The summed E-state index contributed by atoms with van der Waals surface area (Å²) in [6.45, 7) is 4.61. The maximum Gasteiger partial charge on any atom is 0.307 e. The molecule has 2 nitrogen and oxygen atoms in total. The van der Waals surface area contributed by atoms with Crippen LogP contribution in [0.3, 0.4) is 0 Å². The summed E-state index contributed by atoms with van der Waals surface area (Å²) in [6, 6.07) is 7.88. The summed E-state index contributed by atoms with van der Waals surface area (Å²) in [5.41, 5.74) is 1.12. The monoisotopic (exact) mass is 262 g/mol. The number of hydrogen-bond donors (Lipinski definition) is 0. The SMILES string of the molecule is CCOP(Br)Oc1ccccc1C. The second kappa shape index (κ2) is 5.58. The largest absolute Gasteiger partial charge is 0.439 e. The summed E-state index contributed by atoms with van der Waals surface area (Å²) >= 11 is 3.33. The van der Waals surface area contributed by atoms with Crippen LogP contribution in [-0.2, 0) is 4.52 Å². The Labute approximate surface area is 87.9 Å². The van der Waals surface area contributed by atoms with E-state index in [9.17, 15) is 0 Å². The Morgan fingerprint density at radius 2 is 2.08 bits per heavy atom. The van der Waals surface area contributed by atoms with Crippen LogP contribution in [0.1, 0.15) is 12.5 Å². The van der Waals surface area contributed by atoms with Crippen molar-refractivity contribution in [3.8, 4) is 5.75 Å². The predicted octanol–water partition coefficient (Wildman–Crippen LogP) is 4.03. The molecule has 1 unspecified atom stereocenters. The first-order valence-corrected chi connectivity index (χ1v) is 7.26. The molecule has 0 aliphatic rings. The van der Waals surface area contributed by atoms with Crippen LogP contribution in [0.2, 0.25) is 0 Å². The normalized spacial score (nSPS) is 12.5. The van der Waals surface area contributed by atoms with E-state index in [1.54, 1.807) is 0 Å². The van der Waals surface area contributed by atoms with E-state index in [4.69, 9.17) is 9.05 Å². The van der Waals surface area contributed by atoms with Crippen molar-refractivity contribution in [3.63, 3.8) is 0 Å². The lowest BCUT2D eigenvalue weighted by atomic mass is 10.2. The van der Waals surface area contributed by atoms with Crippen molar-refractivity contribution in [3.05, 3.63) is 29.8 Å². The number of rotatable bonds is 4. The van der Waals surface area contributed by atoms with E-state index in [0.29, 0.717) is 6.61 Å². The van der Waals surface area contributed by atoms with E-state index >= 15 is 0 Å². The highest BCUT2D eigenvalue weighted by atomic mass is 79.9. The molecule has 0 heterocycles. The summed E-state index contributed by atoms with van der Waals surface area (Å²) in [5, 5.41) is 0. The molecule has 1 rings (SSSR count). The maximum atomic E-state index is 5.54. The van der Waals surface area contributed by atoms with Crippen LogP contribution >= 0.6 is 22.6 Å². The predicted molar refractivity (Wildman–Crippen MR) is 59.3 cm³/mol. The molecule has 0 spiro atoms. The molecule has 0 radical (unpaired) electrons. The smallest absolute Gasteiger partial charge is 0.307 e. The summed E-state index contributed by atoms with van der Waals surface area (Å²) in [4.78, 5) is 0. The average molecular weight is 263 g/mol. The van der Waals surface area contributed by atoms with Gasteiger partial charge < -0.3 is 9.05 Å². The van der Waals surface area contributed by atoms with Gasteiger partial charge in [-0.25, -0.2) is 0 Å². The molecule has 0 fully saturated rings. The highest BCUT2D eigenvalue weighted by molar-refractivity contribution is 9.38. The van der Waals surface area contributed by atoms with Crippen molar-refractivity contribution >= 4 is 22.6 Å². The number of hydrogen-bond acceptors (Lipinski definition) is 2. The molecule has 13 heavy (non-hydrogen) atoms. The molecule has 0 amide bonds. The molecule has 0 aliphatic heterocycles. The fraction of sp³-hybridized carbons (Fsp3) is 0.333. The fourth-order valence-electron chi connectivity index (χ4n) is 0.864. The first-order chi connectivity index (χ1) is 6.24. The van der Waals surface area contributed by atoms with Gasteiger partial charge in [0.05, 0.1) is 6.61 Å². The van der Waals surface area contributed by atoms with E-state index < -0.39 is 7.08 Å². The molecular weight excluding hydrogens is 251 g/mol. The second-order valence-corrected chi connectivity index (χ2v) is 5.09. The van der Waals surface area contributed by atoms with Crippen molar-refractivity contribution in [2.45, 2.75) is 13.8 Å². The van der Waals surface area contributed by atoms with E-state index in [0.717, 1.165) is 11.3 Å². The van der Waals surface area contributed by atoms with Crippen LogP contribution in [0.5, 0.6) is 5.75 Å². The molecule has 1 aromatic rings. The van der Waals surface area contributed by atoms with Gasteiger partial charge >= 0.3 is 7.08 Å². The average Bonchev–Trinajstić information content (AvgIpc) is 2.09. The van der Waals surface area contributed by atoms with Gasteiger partial charge in [0.2, 0.25) is 0 Å². The topological polar surface area (TPSA) is 18.5 Å². The van der Waals surface area contributed by atoms with Crippen LogP contribution in [0.25, 0.3) is 0 Å². The van der Waals surface area contributed by atoms with Gasteiger partial charge in [0.1, 0.15) is 5.75 Å². The maximum absolute atomic E-state index is 5.54. The van der Waals surface area contributed by atoms with Crippen LogP contribution in [-0.4, -0.2) is 6.61 Å². The van der Waals surface area contributed by atoms with Crippen LogP contribution in [0.15, 0.2) is 24.3 Å². The van der Waals surface area contributed by atoms with E-state index in [-0.39, 0.29) is 0 Å². The van der Waals surface area contributed by atoms with Gasteiger partial charge in [0.25, 0.3) is 0 Å². The van der Waals surface area contributed by atoms with Gasteiger partial charge in [-0.15, -0.1) is 0 Å². The van der Waals surface area contributed by atoms with E-state index in [2.05, 4.69) is 15.5 Å². The standard InChI is InChI=1S/C9H12BrO2P/c1-3-11-13(10)12-9-7-5-4-6-8(9)2/h4-7H,3H2,1-2H3. The third-order valence-electron chi connectivity index (χ3n) is 1.49. The van der Waals surface area contributed by atoms with Crippen molar-refractivity contribution in [1.29, 1.82) is 0 Å². The highest BCUT2D eigenvalue weighted by Crippen LogP contribution is 2.47. The number of aryl methyl sites for hydroxylation is 1. The quantitative estimate of drug-likeness (QED) is 0.763. The van der Waals surface area contributed by atoms with Gasteiger partial charge in [-0.05, 0) is 25.5 Å². The van der Waals surface area contributed by atoms with Gasteiger partial charge in [-0.2, -0.15) is 0 Å². The zero-order chi connectivity index (χ0) is 9.68. The minimum absolute atomic E-state index is 0.656. The zero-order valence-electron chi connectivity index (χ0n) is 7.66. The summed E-state index contributed by atoms with van der Waals surface area (Å²) in [7, 11) is -0.961. The zero-order valence-corrected chi connectivity index (χ0v) is 10.1. The lowest BCUT2D eigenvalue weighted by molar-refractivity contribution is 0.347. The second-order valence-electron chi connectivity index (χ2n) is 2.49. The van der Waals surface area contributed by atoms with E-state index in [1.807, 2.05) is 38.1 Å². The Hall–Kier alpha value is -0.110. The van der Waals surface area contributed by atoms with Crippen molar-refractivity contribution in [1.82, 2.24) is 0 Å². The Morgan fingerprint density at radius 1 is 1.38 bits per heavy atom. The molecule has 0 aromatic heterocycles. The van der Waals surface area contributed by atoms with E-state index in [1.165, 1.54) is 0 Å². The molecule has 0 bridgehead atoms. The molecule has 0 saturated heterocycles. The molecule has 0 aliphatic carbocycles. The van der Waals surface area contributed by atoms with Gasteiger partial charge in [0, 0.05) is 15.5 Å². The molecule has 0 N–H and O–H groups in total. The number of para-hydroxylation sites is 1. The third kappa shape index (κ3) is 3.63. The first-order valence-electron chi connectivity index (χ1n) is 4.06. The third-order valence-corrected chi connectivity index (χ3v) is 3.34. The lowest BCUT2D eigenvalue weighted by Crippen LogP contribution is -1.89. The molecule has 4 heteroatoms. The van der Waals surface area contributed by atoms with Crippen molar-refractivity contribution in [2.24, 2.45) is 0 Å². The van der Waals surface area contributed by atoms with Crippen LogP contribution in [0, 0.1) is 6.92 Å². The highest BCUT2D eigenvalue weighted by Gasteiger charge is 2.07. The Morgan fingerprint density at radius 3 is 2.69 bits per heavy atom. The Kier molecular flexibility index (Phi) is 4.71. The molecule has 1 aromatic carbocycles. The van der Waals surface area contributed by atoms with Gasteiger partial charge in [0.15, 0.2) is 0 Å². The Bertz CT molecular complexity index is 268. The van der Waals surface area contributed by atoms with Gasteiger partial charge in [-0.3, -0.25) is 0 Å². The minimum Gasteiger partial charge on any atom is -0.439 e. The Balaban J connectivity index is 2.58. The summed E-state index contributed by atoms with van der Waals surface area (Å²) < 4.78 is 10.8. The summed E-state index contributed by atoms with van der Waals surface area (Å²) in [5.74, 6) is 0.874. The molecule has 72 valence electrons. The fourth-order valence-corrected chi connectivity index (χ4v) is 2.56. The van der Waals surface area contributed by atoms with Gasteiger partial charge in [-0.1, -0.05) is 18.2 Å². The molecule has 0 saturated carbocycles. The molecular formula is C9H12BrO2P. The minimum atomic E-state index is -0.961. The summed E-state index contributed by atoms with van der Waals surface area (Å²) in [6.07, 6.45) is 0. The van der Waals surface area contributed by atoms with Crippen LogP contribution in [0.4, 0.5) is 0 Å². The molecule has 1 atom stereocenters. The number of benzene rings is 1. The van der Waals surface area contributed by atoms with Crippen molar-refractivity contribution in [2.75, 3.05) is 6.61 Å². The number of halogens is 1. The van der Waals surface area contributed by atoms with Crippen LogP contribution < -0.4 is 4.52 Å².